The molecule has 0 saturated carbocycles. The summed E-state index contributed by atoms with van der Waals surface area (Å²) < 4.78 is 12.2. The summed E-state index contributed by atoms with van der Waals surface area (Å²) in [6.07, 6.45) is 0.972. The lowest BCUT2D eigenvalue weighted by molar-refractivity contribution is -0.153. The maximum atomic E-state index is 18.3. The molecule has 5 amide bonds. The van der Waals surface area contributed by atoms with E-state index in [2.05, 4.69) is 378 Å². The first-order valence-electron chi connectivity index (χ1n) is 50.5. The summed E-state index contributed by atoms with van der Waals surface area (Å²) in [6, 6.07) is 127. The van der Waals surface area contributed by atoms with Crippen LogP contribution in [0.4, 0.5) is 4.79 Å². The highest BCUT2D eigenvalue weighted by Gasteiger charge is 2.53. The van der Waals surface area contributed by atoms with E-state index in [-0.39, 0.29) is 121 Å². The van der Waals surface area contributed by atoms with Crippen molar-refractivity contribution in [3.05, 3.63) is 420 Å². The zero-order chi connectivity index (χ0) is 97.5. The summed E-state index contributed by atoms with van der Waals surface area (Å²) in [5.74, 6) is -1.95. The van der Waals surface area contributed by atoms with E-state index >= 15 is 24.0 Å². The van der Waals surface area contributed by atoms with Crippen molar-refractivity contribution in [3.8, 4) is 55.6 Å². The number of amides is 5. The normalized spacial score (nSPS) is 15.4. The predicted molar refractivity (Wildman–Crippen MR) is 582 cm³/mol. The monoisotopic (exact) mass is 1880 g/mol. The molecule has 0 aliphatic heterocycles. The van der Waals surface area contributed by atoms with Crippen molar-refractivity contribution in [1.29, 1.82) is 0 Å². The van der Waals surface area contributed by atoms with Crippen molar-refractivity contribution in [1.82, 2.24) is 26.6 Å². The molecule has 13 heteroatoms. The number of hydrogen-bond donors (Lipinski definition) is 5. The molecule has 5 N–H and O–H groups in total. The van der Waals surface area contributed by atoms with Gasteiger partial charge in [-0.15, -0.1) is 0 Å². The Morgan fingerprint density at radius 1 is 0.208 bits per heavy atom. The number of methoxy groups -OCH3 is 1. The SMILES string of the molecule is COC(=O)C1(CNC(=O)C2(CNC(=O)C3(CNC(=O)C4(CNC(=O)C5(CNC(=O)OC(C)(C)C)Cc6ccc7ccccc7c6-c6c(ccc7ccccc67)C5)Cc5ccc6ccccc6c5-c5c(ccc6ccccc56)C4)Cc4ccc5ccccc5c4-c4c(ccc5ccccc45)C3)Cc3ccc4ccccc4c3-c3c(ccc4ccccc34)C2)Cc2ccc3ccccc3c2-c2c(ccc3ccccc23)C1. The number of esters is 1. The standard InChI is InChI=1S/C131H107N5O8/c1-126(2,3)144-125(142)136-78-130(71-96-61-51-86-31-11-21-41-106(86)116(96)117-97(72-130)62-52-87-32-12-22-42-107(87)117)123(140)134-76-128(67-92-57-47-82-27-7-17-37-102(82)112(92)113-93(68-128)58-48-83-28-8-18-38-103(83)113)121(138)132-75-127(65-90-55-45-80-25-5-15-35-100(80)110(90)111-91(66-127)56-46-81-26-6-16-36-101(81)111)120(137)133-77-129(69-94-59-49-84-29-9-19-39-104(84)114(94)115-95(70-129)60-50-85-30-10-20-40-105(85)115)122(139)135-79-131(124(141)143-4)73-98-63-53-88-33-13-23-43-108(88)118(98)119-99(74-131)64-54-89-34-14-24-44-109(89)119/h5-64H,65-79H2,1-4H3,(H,132,138)(H,133,137)(H,134,140)(H,135,139)(H,136,142). The maximum Gasteiger partial charge on any atom is 0.407 e. The Morgan fingerprint density at radius 2 is 0.354 bits per heavy atom. The lowest BCUT2D eigenvalue weighted by atomic mass is 9.73. The third-order valence-corrected chi connectivity index (χ3v) is 32.6. The molecule has 0 bridgehead atoms. The van der Waals surface area contributed by atoms with E-state index < -0.39 is 44.7 Å². The first-order chi connectivity index (χ1) is 70.2. The van der Waals surface area contributed by atoms with Gasteiger partial charge in [-0.1, -0.05) is 364 Å². The number of hydrogen-bond acceptors (Lipinski definition) is 8. The molecule has 20 aromatic rings. The molecular weight excluding hydrogens is 1770 g/mol. The Bertz CT molecular complexity index is 8430. The van der Waals surface area contributed by atoms with Crippen molar-refractivity contribution >= 4 is 143 Å². The van der Waals surface area contributed by atoms with Gasteiger partial charge in [-0.25, -0.2) is 4.79 Å². The first kappa shape index (κ1) is 89.0. The number of carbonyl (C=O) groups is 6. The Balaban J connectivity index is 0.656. The van der Waals surface area contributed by atoms with Crippen molar-refractivity contribution < 1.29 is 38.2 Å². The minimum absolute atomic E-state index is 0.119. The average Bonchev–Trinajstić information content (AvgIpc) is 1.51. The second kappa shape index (κ2) is 34.8. The van der Waals surface area contributed by atoms with Crippen molar-refractivity contribution in [3.63, 3.8) is 0 Å². The molecule has 0 heterocycles. The van der Waals surface area contributed by atoms with E-state index in [1.54, 1.807) is 0 Å². The first-order valence-corrected chi connectivity index (χ1v) is 50.5. The van der Waals surface area contributed by atoms with Crippen LogP contribution in [0.25, 0.3) is 163 Å². The topological polar surface area (TPSA) is 181 Å². The summed E-state index contributed by atoms with van der Waals surface area (Å²) in [7, 11) is 1.44. The Morgan fingerprint density at radius 3 is 0.514 bits per heavy atom. The molecule has 144 heavy (non-hydrogen) atoms. The van der Waals surface area contributed by atoms with Gasteiger partial charge < -0.3 is 36.1 Å². The Kier molecular flexibility index (Phi) is 21.5. The van der Waals surface area contributed by atoms with Crippen molar-refractivity contribution in [2.75, 3.05) is 39.8 Å². The lowest BCUT2D eigenvalue weighted by Crippen LogP contribution is -2.59. The van der Waals surface area contributed by atoms with E-state index in [9.17, 15) is 4.79 Å². The molecule has 25 rings (SSSR count). The Hall–Kier alpha value is -16.4. The minimum Gasteiger partial charge on any atom is -0.469 e. The minimum atomic E-state index is -1.58. The predicted octanol–water partition coefficient (Wildman–Crippen LogP) is 25.9. The molecular formula is C131H107N5O8. The molecule has 20 aromatic carbocycles. The van der Waals surface area contributed by atoms with Crippen LogP contribution in [0.2, 0.25) is 0 Å². The van der Waals surface area contributed by atoms with Crippen LogP contribution in [0, 0.1) is 27.1 Å². The number of carbonyl (C=O) groups excluding carboxylic acids is 6. The van der Waals surface area contributed by atoms with Crippen LogP contribution >= 0.6 is 0 Å². The summed E-state index contributed by atoms with van der Waals surface area (Å²) in [5.41, 5.74) is 11.0. The number of nitrogens with one attached hydrogen (secondary N) is 5. The van der Waals surface area contributed by atoms with Crippen LogP contribution in [0.3, 0.4) is 0 Å². The number of alkyl carbamates (subject to hydrolysis) is 1. The molecule has 0 spiro atoms. The van der Waals surface area contributed by atoms with E-state index in [0.29, 0.717) is 0 Å². The number of fused-ring (bicyclic) bond motifs is 35. The van der Waals surface area contributed by atoms with Gasteiger partial charge in [0.15, 0.2) is 0 Å². The van der Waals surface area contributed by atoms with E-state index in [0.717, 1.165) is 219 Å². The van der Waals surface area contributed by atoms with Gasteiger partial charge in [-0.05, 0) is 304 Å². The van der Waals surface area contributed by atoms with Crippen LogP contribution in [-0.4, -0.2) is 81.1 Å². The van der Waals surface area contributed by atoms with E-state index in [1.165, 1.54) is 7.11 Å². The molecule has 5 aliphatic rings. The van der Waals surface area contributed by atoms with Gasteiger partial charge in [0.2, 0.25) is 23.6 Å². The van der Waals surface area contributed by atoms with Crippen LogP contribution < -0.4 is 26.6 Å². The van der Waals surface area contributed by atoms with Crippen LogP contribution in [0.5, 0.6) is 0 Å². The average molecular weight is 1880 g/mol. The fourth-order valence-electron chi connectivity index (χ4n) is 25.9. The van der Waals surface area contributed by atoms with Gasteiger partial charge in [0.1, 0.15) is 5.60 Å². The zero-order valence-corrected chi connectivity index (χ0v) is 81.0. The highest BCUT2D eigenvalue weighted by atomic mass is 16.6. The maximum absolute atomic E-state index is 18.3. The van der Waals surface area contributed by atoms with Gasteiger partial charge >= 0.3 is 12.1 Å². The molecule has 704 valence electrons. The van der Waals surface area contributed by atoms with Gasteiger partial charge in [0.05, 0.1) is 34.2 Å². The number of ether oxygens (including phenoxy) is 2. The zero-order valence-electron chi connectivity index (χ0n) is 81.0. The quantitative estimate of drug-likeness (QED) is 0.0629. The summed E-state index contributed by atoms with van der Waals surface area (Å²) in [5, 5.41) is 38.7. The van der Waals surface area contributed by atoms with Gasteiger partial charge in [0.25, 0.3) is 0 Å². The van der Waals surface area contributed by atoms with Crippen LogP contribution in [0.1, 0.15) is 76.4 Å². The second-order valence-electron chi connectivity index (χ2n) is 42.5. The molecule has 0 fully saturated rings. The third-order valence-electron chi connectivity index (χ3n) is 32.6. The largest absolute Gasteiger partial charge is 0.469 e. The van der Waals surface area contributed by atoms with Gasteiger partial charge in [-0.3, -0.25) is 24.0 Å². The van der Waals surface area contributed by atoms with Crippen LogP contribution in [-0.2, 0) is 97.7 Å². The number of benzene rings is 20. The summed E-state index contributed by atoms with van der Waals surface area (Å²) >= 11 is 0. The van der Waals surface area contributed by atoms with Crippen LogP contribution in [0.15, 0.2) is 364 Å². The molecule has 0 atom stereocenters. The van der Waals surface area contributed by atoms with Crippen molar-refractivity contribution in [2.24, 2.45) is 27.1 Å². The molecule has 0 saturated heterocycles. The smallest absolute Gasteiger partial charge is 0.407 e. The van der Waals surface area contributed by atoms with Crippen molar-refractivity contribution in [2.45, 2.75) is 90.6 Å². The molecule has 0 radical (unpaired) electrons. The highest BCUT2D eigenvalue weighted by molar-refractivity contribution is 6.16. The summed E-state index contributed by atoms with van der Waals surface area (Å²) in [6.45, 7) is 4.60. The highest BCUT2D eigenvalue weighted by Crippen LogP contribution is 2.55. The molecule has 0 unspecified atom stereocenters. The molecule has 5 aliphatic carbocycles. The lowest BCUT2D eigenvalue weighted by Gasteiger charge is -2.39. The van der Waals surface area contributed by atoms with Gasteiger partial charge in [-0.2, -0.15) is 0 Å². The fourth-order valence-corrected chi connectivity index (χ4v) is 25.9. The molecule has 0 aromatic heterocycles. The fraction of sp³-hybridized carbons (Fsp3) is 0.191. The van der Waals surface area contributed by atoms with Gasteiger partial charge in [0, 0.05) is 32.7 Å². The van der Waals surface area contributed by atoms with E-state index in [1.807, 2.05) is 32.9 Å². The third kappa shape index (κ3) is 15.0. The summed E-state index contributed by atoms with van der Waals surface area (Å²) in [4.78, 5) is 102. The number of rotatable bonds is 15. The molecule has 13 nitrogen and oxygen atoms in total. The van der Waals surface area contributed by atoms with E-state index in [4.69, 9.17) is 9.47 Å². The second-order valence-corrected chi connectivity index (χ2v) is 42.5. The Labute approximate surface area is 835 Å².